The third-order valence-electron chi connectivity index (χ3n) is 7.84. The Hall–Kier alpha value is -5.87. The van der Waals surface area contributed by atoms with E-state index in [1.807, 2.05) is 60.7 Å². The van der Waals surface area contributed by atoms with Crippen molar-refractivity contribution in [1.29, 1.82) is 0 Å². The zero-order valence-corrected chi connectivity index (χ0v) is 23.3. The lowest BCUT2D eigenvalue weighted by atomic mass is 9.99. The second-order valence-electron chi connectivity index (χ2n) is 10.5. The highest BCUT2D eigenvalue weighted by Gasteiger charge is 2.17. The number of hydrogen-bond acceptors (Lipinski definition) is 3. The zero-order valence-electron chi connectivity index (χ0n) is 23.3. The number of nitrogens with zero attached hydrogens (tertiary/aromatic N) is 4. The van der Waals surface area contributed by atoms with E-state index in [0.29, 0.717) is 17.5 Å². The molecule has 0 aliphatic heterocycles. The molecule has 0 saturated carbocycles. The molecule has 0 unspecified atom stereocenters. The number of hydrogen-bond donors (Lipinski definition) is 0. The van der Waals surface area contributed by atoms with E-state index in [0.717, 1.165) is 33.4 Å². The summed E-state index contributed by atoms with van der Waals surface area (Å²) in [6.07, 6.45) is 0. The molecular weight excluding hydrogens is 524 g/mol. The van der Waals surface area contributed by atoms with E-state index < -0.39 is 0 Å². The monoisotopic (exact) mass is 550 g/mol. The fourth-order valence-electron chi connectivity index (χ4n) is 5.88. The molecule has 0 N–H and O–H groups in total. The minimum absolute atomic E-state index is 0.639. The van der Waals surface area contributed by atoms with E-state index in [4.69, 9.17) is 15.0 Å². The number of rotatable bonds is 5. The first-order valence-electron chi connectivity index (χ1n) is 14.4. The van der Waals surface area contributed by atoms with E-state index >= 15 is 0 Å². The fraction of sp³-hybridized carbons (Fsp3) is 0. The molecule has 8 aromatic rings. The van der Waals surface area contributed by atoms with Crippen molar-refractivity contribution in [3.8, 4) is 51.0 Å². The fourth-order valence-corrected chi connectivity index (χ4v) is 5.88. The van der Waals surface area contributed by atoms with Crippen molar-refractivity contribution in [2.24, 2.45) is 0 Å². The predicted octanol–water partition coefficient (Wildman–Crippen LogP) is 9.64. The highest BCUT2D eigenvalue weighted by molar-refractivity contribution is 6.15. The maximum absolute atomic E-state index is 4.97. The lowest BCUT2D eigenvalue weighted by Gasteiger charge is -2.12. The Morgan fingerprint density at radius 1 is 0.372 bits per heavy atom. The van der Waals surface area contributed by atoms with Crippen LogP contribution in [0.1, 0.15) is 0 Å². The van der Waals surface area contributed by atoms with Gasteiger partial charge in [0.15, 0.2) is 17.5 Å². The van der Waals surface area contributed by atoms with E-state index in [1.165, 1.54) is 21.9 Å². The maximum atomic E-state index is 4.97. The highest BCUT2D eigenvalue weighted by Crippen LogP contribution is 2.39. The summed E-state index contributed by atoms with van der Waals surface area (Å²) in [4.78, 5) is 14.8. The van der Waals surface area contributed by atoms with Crippen LogP contribution in [0.2, 0.25) is 0 Å². The molecule has 0 bridgehead atoms. The maximum Gasteiger partial charge on any atom is 0.164 e. The van der Waals surface area contributed by atoms with Crippen LogP contribution in [0.3, 0.4) is 0 Å². The van der Waals surface area contributed by atoms with Gasteiger partial charge in [-0.1, -0.05) is 133 Å². The Morgan fingerprint density at radius 2 is 0.860 bits per heavy atom. The second-order valence-corrected chi connectivity index (χ2v) is 10.5. The minimum atomic E-state index is 0.639. The van der Waals surface area contributed by atoms with Crippen molar-refractivity contribution in [1.82, 2.24) is 19.5 Å². The number of fused-ring (bicyclic) bond motifs is 3. The highest BCUT2D eigenvalue weighted by atomic mass is 15.0. The molecule has 0 atom stereocenters. The van der Waals surface area contributed by atoms with Crippen LogP contribution in [0.25, 0.3) is 72.8 Å². The molecular formula is C39H26N4. The normalized spacial score (nSPS) is 11.3. The molecule has 6 aromatic carbocycles. The molecule has 43 heavy (non-hydrogen) atoms. The summed E-state index contributed by atoms with van der Waals surface area (Å²) in [5.41, 5.74) is 8.63. The Labute approximate surface area is 249 Å². The molecule has 2 aromatic heterocycles. The lowest BCUT2D eigenvalue weighted by Crippen LogP contribution is -2.01. The van der Waals surface area contributed by atoms with Crippen LogP contribution in [0.5, 0.6) is 0 Å². The molecule has 0 aliphatic carbocycles. The number of para-hydroxylation sites is 1. The second kappa shape index (κ2) is 10.5. The van der Waals surface area contributed by atoms with Gasteiger partial charge in [0.25, 0.3) is 0 Å². The molecule has 4 nitrogen and oxygen atoms in total. The summed E-state index contributed by atoms with van der Waals surface area (Å²) in [6.45, 7) is 0. The van der Waals surface area contributed by atoms with Crippen LogP contribution in [0.4, 0.5) is 0 Å². The van der Waals surface area contributed by atoms with Gasteiger partial charge in [-0.3, -0.25) is 0 Å². The van der Waals surface area contributed by atoms with Gasteiger partial charge in [-0.2, -0.15) is 0 Å². The standard InChI is InChI=1S/C39H26N4/c1-4-14-27(15-5-1)32-23-13-25-35-36(32)33-22-10-11-24-34(33)43(35)31-21-12-20-30(26-31)39-41-37(28-16-6-2-7-17-28)40-38(42-39)29-18-8-3-9-19-29/h1-26H. The van der Waals surface area contributed by atoms with Crippen LogP contribution >= 0.6 is 0 Å². The lowest BCUT2D eigenvalue weighted by molar-refractivity contribution is 1.07. The van der Waals surface area contributed by atoms with Crippen molar-refractivity contribution in [2.45, 2.75) is 0 Å². The van der Waals surface area contributed by atoms with E-state index in [2.05, 4.69) is 102 Å². The molecule has 0 aliphatic rings. The van der Waals surface area contributed by atoms with Crippen LogP contribution in [-0.4, -0.2) is 19.5 Å². The summed E-state index contributed by atoms with van der Waals surface area (Å²) >= 11 is 0. The average Bonchev–Trinajstić information content (AvgIpc) is 3.44. The van der Waals surface area contributed by atoms with Crippen LogP contribution < -0.4 is 0 Å². The van der Waals surface area contributed by atoms with Crippen LogP contribution in [0.15, 0.2) is 158 Å². The third-order valence-corrected chi connectivity index (χ3v) is 7.84. The topological polar surface area (TPSA) is 43.6 Å². The first-order valence-corrected chi connectivity index (χ1v) is 14.4. The van der Waals surface area contributed by atoms with Gasteiger partial charge >= 0.3 is 0 Å². The summed E-state index contributed by atoms with van der Waals surface area (Å²) in [5, 5.41) is 2.47. The molecule has 0 spiro atoms. The van der Waals surface area contributed by atoms with Crippen molar-refractivity contribution in [3.05, 3.63) is 158 Å². The van der Waals surface area contributed by atoms with E-state index in [1.54, 1.807) is 0 Å². The van der Waals surface area contributed by atoms with Crippen molar-refractivity contribution in [3.63, 3.8) is 0 Å². The molecule has 2 heterocycles. The third kappa shape index (κ3) is 4.46. The van der Waals surface area contributed by atoms with Crippen molar-refractivity contribution >= 4 is 21.8 Å². The zero-order chi connectivity index (χ0) is 28.6. The van der Waals surface area contributed by atoms with Crippen LogP contribution in [-0.2, 0) is 0 Å². The Morgan fingerprint density at radius 3 is 1.51 bits per heavy atom. The average molecular weight is 551 g/mol. The summed E-state index contributed by atoms with van der Waals surface area (Å²) < 4.78 is 2.35. The largest absolute Gasteiger partial charge is 0.309 e. The van der Waals surface area contributed by atoms with E-state index in [9.17, 15) is 0 Å². The van der Waals surface area contributed by atoms with Gasteiger partial charge in [0, 0.05) is 33.2 Å². The van der Waals surface area contributed by atoms with Crippen molar-refractivity contribution < 1.29 is 0 Å². The Bertz CT molecular complexity index is 2160. The number of aromatic nitrogens is 4. The van der Waals surface area contributed by atoms with Gasteiger partial charge in [0.1, 0.15) is 0 Å². The Balaban J connectivity index is 1.34. The van der Waals surface area contributed by atoms with Gasteiger partial charge in [-0.25, -0.2) is 15.0 Å². The summed E-state index contributed by atoms with van der Waals surface area (Å²) in [5.74, 6) is 1.94. The molecule has 4 heteroatoms. The van der Waals surface area contributed by atoms with E-state index in [-0.39, 0.29) is 0 Å². The SMILES string of the molecule is c1ccc(-c2nc(-c3ccccc3)nc(-c3cccc(-n4c5ccccc5c5c(-c6ccccc6)cccc54)c3)n2)cc1. The van der Waals surface area contributed by atoms with Gasteiger partial charge in [-0.15, -0.1) is 0 Å². The molecule has 0 radical (unpaired) electrons. The quantitative estimate of drug-likeness (QED) is 0.214. The van der Waals surface area contributed by atoms with Gasteiger partial charge in [0.2, 0.25) is 0 Å². The Kier molecular flexibility index (Phi) is 6.08. The van der Waals surface area contributed by atoms with Crippen LogP contribution in [0, 0.1) is 0 Å². The predicted molar refractivity (Wildman–Crippen MR) is 176 cm³/mol. The molecule has 0 amide bonds. The van der Waals surface area contributed by atoms with Gasteiger partial charge < -0.3 is 4.57 Å². The minimum Gasteiger partial charge on any atom is -0.309 e. The summed E-state index contributed by atoms with van der Waals surface area (Å²) in [7, 11) is 0. The van der Waals surface area contributed by atoms with Crippen molar-refractivity contribution in [2.75, 3.05) is 0 Å². The molecule has 8 rings (SSSR count). The van der Waals surface area contributed by atoms with Gasteiger partial charge in [-0.05, 0) is 35.4 Å². The smallest absolute Gasteiger partial charge is 0.164 e. The summed E-state index contributed by atoms with van der Waals surface area (Å²) in [6, 6.07) is 54.5. The number of benzene rings is 6. The molecule has 202 valence electrons. The first kappa shape index (κ1) is 24.9. The molecule has 0 saturated heterocycles. The molecule has 0 fully saturated rings. The first-order chi connectivity index (χ1) is 21.3. The van der Waals surface area contributed by atoms with Gasteiger partial charge in [0.05, 0.1) is 11.0 Å².